The fourth-order valence-corrected chi connectivity index (χ4v) is 5.02. The Balaban J connectivity index is 1.55. The number of ether oxygens (including phenoxy) is 2. The number of carbonyl (C=O) groups excluding carboxylic acids is 2. The van der Waals surface area contributed by atoms with Gasteiger partial charge in [-0.05, 0) is 60.5 Å². The standard InChI is InChI=1S/C28H26FN3O6S/c1-37-22-12-7-17(15-23(22)38-2)13-14-32-25(33)16-24(39-28(32)31-21-6-4-3-5-20(21)29)26(34)30-19-10-8-18(9-11-19)27(35)36/h3-12,15,24H,13-14,16H2,1-2H3,(H,30,34)(H,35,36)/t24-/m1/s1. The van der Waals surface area contributed by atoms with E-state index in [0.717, 1.165) is 17.3 Å². The number of benzene rings is 3. The van der Waals surface area contributed by atoms with Gasteiger partial charge in [0, 0.05) is 18.7 Å². The van der Waals surface area contributed by atoms with Gasteiger partial charge in [0.25, 0.3) is 0 Å². The van der Waals surface area contributed by atoms with Crippen molar-refractivity contribution < 1.29 is 33.4 Å². The summed E-state index contributed by atoms with van der Waals surface area (Å²) in [6.45, 7) is 0.250. The molecule has 4 rings (SSSR count). The molecule has 9 nitrogen and oxygen atoms in total. The first-order valence-corrected chi connectivity index (χ1v) is 12.8. The van der Waals surface area contributed by atoms with Crippen LogP contribution in [0.3, 0.4) is 0 Å². The van der Waals surface area contributed by atoms with Gasteiger partial charge in [0.1, 0.15) is 16.8 Å². The number of nitrogens with zero attached hydrogens (tertiary/aromatic N) is 2. The second-order valence-electron chi connectivity index (χ2n) is 8.51. The van der Waals surface area contributed by atoms with E-state index in [0.29, 0.717) is 23.6 Å². The van der Waals surface area contributed by atoms with Gasteiger partial charge in [0.15, 0.2) is 16.7 Å². The Bertz CT molecular complexity index is 1410. The number of carboxylic acids is 1. The normalized spacial score (nSPS) is 16.2. The molecule has 0 radical (unpaired) electrons. The lowest BCUT2D eigenvalue weighted by Gasteiger charge is -2.32. The average molecular weight is 552 g/mol. The molecule has 202 valence electrons. The van der Waals surface area contributed by atoms with E-state index in [1.807, 2.05) is 12.1 Å². The van der Waals surface area contributed by atoms with E-state index in [-0.39, 0.29) is 35.3 Å². The summed E-state index contributed by atoms with van der Waals surface area (Å²) in [5.41, 5.74) is 1.41. The molecule has 1 aliphatic rings. The summed E-state index contributed by atoms with van der Waals surface area (Å²) in [7, 11) is 3.08. The van der Waals surface area contributed by atoms with Crippen LogP contribution in [0.5, 0.6) is 11.5 Å². The molecule has 3 aromatic rings. The van der Waals surface area contributed by atoms with Gasteiger partial charge in [0.2, 0.25) is 11.8 Å². The Morgan fingerprint density at radius 1 is 1.08 bits per heavy atom. The molecule has 2 N–H and O–H groups in total. The van der Waals surface area contributed by atoms with Crippen molar-refractivity contribution in [2.45, 2.75) is 18.1 Å². The van der Waals surface area contributed by atoms with Crippen LogP contribution >= 0.6 is 11.8 Å². The summed E-state index contributed by atoms with van der Waals surface area (Å²) in [6.07, 6.45) is 0.363. The highest BCUT2D eigenvalue weighted by atomic mass is 32.2. The minimum Gasteiger partial charge on any atom is -0.493 e. The number of rotatable bonds is 9. The first kappa shape index (κ1) is 27.6. The number of nitrogens with one attached hydrogen (secondary N) is 1. The number of aliphatic imine (C=N–C) groups is 1. The van der Waals surface area contributed by atoms with Crippen molar-refractivity contribution >= 4 is 46.1 Å². The molecule has 1 aliphatic heterocycles. The van der Waals surface area contributed by atoms with Gasteiger partial charge >= 0.3 is 5.97 Å². The second kappa shape index (κ2) is 12.4. The maximum Gasteiger partial charge on any atom is 0.335 e. The van der Waals surface area contributed by atoms with Crippen LogP contribution in [-0.4, -0.2) is 59.0 Å². The number of thioether (sulfide) groups is 1. The zero-order valence-electron chi connectivity index (χ0n) is 21.2. The predicted octanol–water partition coefficient (Wildman–Crippen LogP) is 4.74. The van der Waals surface area contributed by atoms with Crippen LogP contribution in [0.15, 0.2) is 71.7 Å². The SMILES string of the molecule is COc1ccc(CCN2C(=O)C[C@H](C(=O)Nc3ccc(C(=O)O)cc3)SC2=Nc2ccccc2F)cc1OC. The second-order valence-corrected chi connectivity index (χ2v) is 9.68. The van der Waals surface area contributed by atoms with Gasteiger partial charge in [-0.25, -0.2) is 14.2 Å². The number of amidine groups is 1. The molecule has 11 heteroatoms. The number of carbonyl (C=O) groups is 3. The third kappa shape index (κ3) is 6.74. The van der Waals surface area contributed by atoms with E-state index < -0.39 is 22.9 Å². The Hall–Kier alpha value is -4.38. The monoisotopic (exact) mass is 551 g/mol. The fourth-order valence-electron chi connectivity index (χ4n) is 3.90. The van der Waals surface area contributed by atoms with E-state index >= 15 is 0 Å². The molecule has 1 saturated heterocycles. The number of hydrogen-bond acceptors (Lipinski definition) is 7. The highest BCUT2D eigenvalue weighted by Crippen LogP contribution is 2.32. The molecule has 39 heavy (non-hydrogen) atoms. The van der Waals surface area contributed by atoms with Crippen molar-refractivity contribution in [1.29, 1.82) is 0 Å². The molecule has 1 atom stereocenters. The van der Waals surface area contributed by atoms with Gasteiger partial charge in [-0.15, -0.1) is 0 Å². The maximum absolute atomic E-state index is 14.4. The first-order chi connectivity index (χ1) is 18.8. The highest BCUT2D eigenvalue weighted by molar-refractivity contribution is 8.15. The quantitative estimate of drug-likeness (QED) is 0.394. The number of methoxy groups -OCH3 is 2. The highest BCUT2D eigenvalue weighted by Gasteiger charge is 2.36. The summed E-state index contributed by atoms with van der Waals surface area (Å²) in [6, 6.07) is 17.1. The van der Waals surface area contributed by atoms with Crippen LogP contribution in [0.2, 0.25) is 0 Å². The molecule has 0 bridgehead atoms. The number of anilines is 1. The summed E-state index contributed by atoms with van der Waals surface area (Å²) in [5.74, 6) is -1.27. The van der Waals surface area contributed by atoms with Gasteiger partial charge in [0.05, 0.1) is 19.8 Å². The van der Waals surface area contributed by atoms with Crippen LogP contribution in [0.1, 0.15) is 22.3 Å². The first-order valence-electron chi connectivity index (χ1n) is 11.9. The molecule has 0 saturated carbocycles. The lowest BCUT2D eigenvalue weighted by molar-refractivity contribution is -0.129. The predicted molar refractivity (Wildman–Crippen MR) is 146 cm³/mol. The maximum atomic E-state index is 14.4. The van der Waals surface area contributed by atoms with Crippen molar-refractivity contribution in [3.05, 3.63) is 83.7 Å². The molecule has 0 aliphatic carbocycles. The van der Waals surface area contributed by atoms with Crippen molar-refractivity contribution in [2.24, 2.45) is 4.99 Å². The van der Waals surface area contributed by atoms with E-state index in [1.165, 1.54) is 48.4 Å². The molecular formula is C28H26FN3O6S. The third-order valence-electron chi connectivity index (χ3n) is 5.97. The molecule has 0 spiro atoms. The molecule has 0 aromatic heterocycles. The summed E-state index contributed by atoms with van der Waals surface area (Å²) in [5, 5.41) is 11.2. The summed E-state index contributed by atoms with van der Waals surface area (Å²) < 4.78 is 25.1. The Labute approximate surface area is 228 Å². The molecule has 2 amide bonds. The van der Waals surface area contributed by atoms with Gasteiger partial charge in [-0.2, -0.15) is 0 Å². The zero-order chi connectivity index (χ0) is 27.9. The minimum atomic E-state index is -1.08. The number of amides is 2. The largest absolute Gasteiger partial charge is 0.493 e. The fraction of sp³-hybridized carbons (Fsp3) is 0.214. The molecule has 3 aromatic carbocycles. The Morgan fingerprint density at radius 2 is 1.79 bits per heavy atom. The van der Waals surface area contributed by atoms with Crippen molar-refractivity contribution in [3.8, 4) is 11.5 Å². The number of halogens is 1. The van der Waals surface area contributed by atoms with Crippen LogP contribution < -0.4 is 14.8 Å². The molecule has 0 unspecified atom stereocenters. The van der Waals surface area contributed by atoms with Gasteiger partial charge in [-0.1, -0.05) is 30.0 Å². The Kier molecular flexibility index (Phi) is 8.82. The third-order valence-corrected chi connectivity index (χ3v) is 7.16. The Morgan fingerprint density at radius 3 is 2.46 bits per heavy atom. The lowest BCUT2D eigenvalue weighted by atomic mass is 10.1. The number of para-hydroxylation sites is 1. The van der Waals surface area contributed by atoms with Crippen LogP contribution in [0, 0.1) is 5.82 Å². The van der Waals surface area contributed by atoms with Crippen molar-refractivity contribution in [3.63, 3.8) is 0 Å². The van der Waals surface area contributed by atoms with E-state index in [2.05, 4.69) is 10.3 Å². The average Bonchev–Trinajstić information content (AvgIpc) is 2.93. The van der Waals surface area contributed by atoms with Crippen LogP contribution in [-0.2, 0) is 16.0 Å². The summed E-state index contributed by atoms with van der Waals surface area (Å²) in [4.78, 5) is 43.2. The van der Waals surface area contributed by atoms with Crippen LogP contribution in [0.4, 0.5) is 15.8 Å². The van der Waals surface area contributed by atoms with Gasteiger partial charge < -0.3 is 19.9 Å². The van der Waals surface area contributed by atoms with Crippen molar-refractivity contribution in [2.75, 3.05) is 26.1 Å². The molecule has 1 fully saturated rings. The topological polar surface area (TPSA) is 118 Å². The summed E-state index contributed by atoms with van der Waals surface area (Å²) >= 11 is 1.07. The van der Waals surface area contributed by atoms with E-state index in [1.54, 1.807) is 25.3 Å². The smallest absolute Gasteiger partial charge is 0.335 e. The number of hydrogen-bond donors (Lipinski definition) is 2. The lowest BCUT2D eigenvalue weighted by Crippen LogP contribution is -2.46. The van der Waals surface area contributed by atoms with Crippen molar-refractivity contribution in [1.82, 2.24) is 4.90 Å². The minimum absolute atomic E-state index is 0.0502. The van der Waals surface area contributed by atoms with Gasteiger partial charge in [-0.3, -0.25) is 14.5 Å². The van der Waals surface area contributed by atoms with E-state index in [4.69, 9.17) is 14.6 Å². The van der Waals surface area contributed by atoms with E-state index in [9.17, 15) is 18.8 Å². The number of carboxylic acid groups (broad SMARTS) is 1. The number of aromatic carboxylic acids is 1. The molecule has 1 heterocycles. The zero-order valence-corrected chi connectivity index (χ0v) is 22.0. The molecular weight excluding hydrogens is 525 g/mol. The van der Waals surface area contributed by atoms with Crippen LogP contribution in [0.25, 0.3) is 0 Å².